The van der Waals surface area contributed by atoms with Gasteiger partial charge in [-0.25, -0.2) is 4.98 Å². The summed E-state index contributed by atoms with van der Waals surface area (Å²) in [5.41, 5.74) is -0.326. The molecule has 0 aliphatic carbocycles. The Balaban J connectivity index is 2.01. The number of nitrogens with one attached hydrogen (secondary N) is 1. The first-order valence-electron chi connectivity index (χ1n) is 7.19. The summed E-state index contributed by atoms with van der Waals surface area (Å²) < 4.78 is 39.7. The van der Waals surface area contributed by atoms with Crippen LogP contribution in [0.25, 0.3) is 11.0 Å². The van der Waals surface area contributed by atoms with Crippen molar-refractivity contribution < 1.29 is 13.2 Å². The third-order valence-electron chi connectivity index (χ3n) is 3.49. The Bertz CT molecular complexity index is 950. The van der Waals surface area contributed by atoms with Crippen molar-refractivity contribution in [2.45, 2.75) is 19.6 Å². The highest BCUT2D eigenvalue weighted by atomic mass is 19.4. The molecule has 24 heavy (non-hydrogen) atoms. The molecule has 0 saturated heterocycles. The van der Waals surface area contributed by atoms with Gasteiger partial charge in [0, 0.05) is 29.9 Å². The quantitative estimate of drug-likeness (QED) is 0.795. The summed E-state index contributed by atoms with van der Waals surface area (Å²) in [6.07, 6.45) is -2.91. The average Bonchev–Trinajstić information content (AvgIpc) is 2.54. The summed E-state index contributed by atoms with van der Waals surface area (Å²) in [4.78, 5) is 20.2. The maximum atomic E-state index is 12.8. The molecular weight excluding hydrogens is 321 g/mol. The van der Waals surface area contributed by atoms with E-state index < -0.39 is 11.7 Å². The first-order valence-corrected chi connectivity index (χ1v) is 7.19. The third-order valence-corrected chi connectivity index (χ3v) is 3.49. The lowest BCUT2D eigenvalue weighted by molar-refractivity contribution is -0.137. The van der Waals surface area contributed by atoms with Gasteiger partial charge in [-0.3, -0.25) is 9.36 Å². The number of hydrogen-bond acceptors (Lipinski definition) is 4. The summed E-state index contributed by atoms with van der Waals surface area (Å²) in [6.45, 7) is 2.24. The number of alkyl halides is 3. The van der Waals surface area contributed by atoms with Crippen LogP contribution >= 0.6 is 0 Å². The monoisotopic (exact) mass is 334 g/mol. The number of aryl methyl sites for hydroxylation is 1. The molecule has 3 aromatic rings. The van der Waals surface area contributed by atoms with Gasteiger partial charge >= 0.3 is 6.18 Å². The van der Waals surface area contributed by atoms with Crippen LogP contribution in [0.3, 0.4) is 0 Å². The third kappa shape index (κ3) is 3.08. The van der Waals surface area contributed by atoms with E-state index in [0.29, 0.717) is 17.6 Å². The van der Waals surface area contributed by atoms with Crippen LogP contribution in [-0.2, 0) is 12.7 Å². The van der Waals surface area contributed by atoms with Crippen molar-refractivity contribution in [3.05, 3.63) is 58.5 Å². The molecule has 0 fully saturated rings. The van der Waals surface area contributed by atoms with Gasteiger partial charge in [0.1, 0.15) is 5.65 Å². The minimum absolute atomic E-state index is 0.120. The molecule has 0 saturated carbocycles. The van der Waals surface area contributed by atoms with Crippen molar-refractivity contribution in [1.29, 1.82) is 0 Å². The second kappa shape index (κ2) is 5.95. The smallest absolute Gasteiger partial charge is 0.324 e. The molecule has 0 aliphatic heterocycles. The highest BCUT2D eigenvalue weighted by Crippen LogP contribution is 2.31. The standard InChI is InChI=1S/C16H13F3N4O/c1-2-23-13(24)7-6-10-9-20-15(22-14(10)23)21-12-5-3-4-11(8-12)16(17,18)19/h3-9H,2H2,1H3,(H,20,21,22). The van der Waals surface area contributed by atoms with E-state index in [4.69, 9.17) is 0 Å². The second-order valence-electron chi connectivity index (χ2n) is 5.09. The molecule has 124 valence electrons. The zero-order chi connectivity index (χ0) is 17.3. The van der Waals surface area contributed by atoms with E-state index in [2.05, 4.69) is 15.3 Å². The molecule has 5 nitrogen and oxygen atoms in total. The number of anilines is 2. The number of fused-ring (bicyclic) bond motifs is 1. The van der Waals surface area contributed by atoms with Crippen LogP contribution in [0.1, 0.15) is 12.5 Å². The molecule has 1 aromatic carbocycles. The van der Waals surface area contributed by atoms with Crippen LogP contribution in [0.15, 0.2) is 47.4 Å². The molecule has 1 N–H and O–H groups in total. The number of nitrogens with zero attached hydrogens (tertiary/aromatic N) is 3. The van der Waals surface area contributed by atoms with Gasteiger partial charge in [0.25, 0.3) is 5.56 Å². The maximum Gasteiger partial charge on any atom is 0.416 e. The van der Waals surface area contributed by atoms with Gasteiger partial charge in [-0.2, -0.15) is 18.2 Å². The Morgan fingerprint density at radius 1 is 1.21 bits per heavy atom. The number of benzene rings is 1. The fraction of sp³-hybridized carbons (Fsp3) is 0.188. The van der Waals surface area contributed by atoms with Crippen molar-refractivity contribution in [2.24, 2.45) is 0 Å². The van der Waals surface area contributed by atoms with E-state index in [-0.39, 0.29) is 17.2 Å². The Kier molecular flexibility index (Phi) is 3.96. The summed E-state index contributed by atoms with van der Waals surface area (Å²) in [7, 11) is 0. The van der Waals surface area contributed by atoms with E-state index in [1.54, 1.807) is 6.07 Å². The zero-order valence-corrected chi connectivity index (χ0v) is 12.6. The molecule has 0 aliphatic rings. The summed E-state index contributed by atoms with van der Waals surface area (Å²) in [6, 6.07) is 7.79. The molecular formula is C16H13F3N4O. The molecule has 0 amide bonds. The normalized spacial score (nSPS) is 11.7. The number of halogens is 3. The van der Waals surface area contributed by atoms with Crippen LogP contribution < -0.4 is 10.9 Å². The largest absolute Gasteiger partial charge is 0.416 e. The lowest BCUT2D eigenvalue weighted by Gasteiger charge is -2.11. The SMILES string of the molecule is CCn1c(=O)ccc2cnc(Nc3cccc(C(F)(F)F)c3)nc21. The summed E-state index contributed by atoms with van der Waals surface area (Å²) in [5.74, 6) is 0.120. The highest BCUT2D eigenvalue weighted by Gasteiger charge is 2.30. The first-order chi connectivity index (χ1) is 11.4. The van der Waals surface area contributed by atoms with Gasteiger partial charge in [0.05, 0.1) is 5.56 Å². The van der Waals surface area contributed by atoms with Crippen LogP contribution in [0, 0.1) is 0 Å². The topological polar surface area (TPSA) is 59.8 Å². The molecule has 3 rings (SSSR count). The number of hydrogen-bond donors (Lipinski definition) is 1. The molecule has 8 heteroatoms. The molecule has 0 atom stereocenters. The fourth-order valence-electron chi connectivity index (χ4n) is 2.34. The molecule has 0 radical (unpaired) electrons. The number of aromatic nitrogens is 3. The fourth-order valence-corrected chi connectivity index (χ4v) is 2.34. The van der Waals surface area contributed by atoms with Crippen LogP contribution in [0.5, 0.6) is 0 Å². The van der Waals surface area contributed by atoms with Gasteiger partial charge in [-0.05, 0) is 31.2 Å². The molecule has 2 aromatic heterocycles. The lowest BCUT2D eigenvalue weighted by Crippen LogP contribution is -2.19. The van der Waals surface area contributed by atoms with Gasteiger partial charge in [0.2, 0.25) is 5.95 Å². The van der Waals surface area contributed by atoms with Crippen molar-refractivity contribution in [3.8, 4) is 0 Å². The predicted molar refractivity (Wildman–Crippen MR) is 84.2 cm³/mol. The van der Waals surface area contributed by atoms with Gasteiger partial charge in [-0.15, -0.1) is 0 Å². The Labute approximate surface area is 134 Å². The lowest BCUT2D eigenvalue weighted by atomic mass is 10.2. The van der Waals surface area contributed by atoms with E-state index in [0.717, 1.165) is 12.1 Å². The van der Waals surface area contributed by atoms with E-state index in [9.17, 15) is 18.0 Å². The number of pyridine rings is 1. The predicted octanol–water partition coefficient (Wildman–Crippen LogP) is 3.57. The summed E-state index contributed by atoms with van der Waals surface area (Å²) >= 11 is 0. The average molecular weight is 334 g/mol. The van der Waals surface area contributed by atoms with Crippen molar-refractivity contribution in [1.82, 2.24) is 14.5 Å². The van der Waals surface area contributed by atoms with Crippen molar-refractivity contribution in [3.63, 3.8) is 0 Å². The van der Waals surface area contributed by atoms with Crippen molar-refractivity contribution in [2.75, 3.05) is 5.32 Å². The highest BCUT2D eigenvalue weighted by molar-refractivity contribution is 5.75. The van der Waals surface area contributed by atoms with Crippen LogP contribution in [-0.4, -0.2) is 14.5 Å². The summed E-state index contributed by atoms with van der Waals surface area (Å²) in [5, 5.41) is 3.41. The Morgan fingerprint density at radius 3 is 2.71 bits per heavy atom. The van der Waals surface area contributed by atoms with Gasteiger partial charge < -0.3 is 5.32 Å². The Hall–Kier alpha value is -2.90. The second-order valence-corrected chi connectivity index (χ2v) is 5.09. The number of rotatable bonds is 3. The minimum atomic E-state index is -4.43. The molecule has 0 unspecified atom stereocenters. The molecule has 0 spiro atoms. The van der Waals surface area contributed by atoms with E-state index >= 15 is 0 Å². The van der Waals surface area contributed by atoms with Crippen LogP contribution in [0.2, 0.25) is 0 Å². The van der Waals surface area contributed by atoms with Gasteiger partial charge in [0.15, 0.2) is 0 Å². The van der Waals surface area contributed by atoms with E-state index in [1.165, 1.54) is 29.0 Å². The van der Waals surface area contributed by atoms with E-state index in [1.807, 2.05) is 6.92 Å². The first kappa shape index (κ1) is 16.0. The molecule has 0 bridgehead atoms. The zero-order valence-electron chi connectivity index (χ0n) is 12.6. The molecule has 2 heterocycles. The van der Waals surface area contributed by atoms with Crippen LogP contribution in [0.4, 0.5) is 24.8 Å². The minimum Gasteiger partial charge on any atom is -0.324 e. The maximum absolute atomic E-state index is 12.8. The van der Waals surface area contributed by atoms with Gasteiger partial charge in [-0.1, -0.05) is 6.07 Å². The Morgan fingerprint density at radius 2 is 2.00 bits per heavy atom. The van der Waals surface area contributed by atoms with Crippen molar-refractivity contribution >= 4 is 22.7 Å².